The predicted molar refractivity (Wildman–Crippen MR) is 131 cm³/mol. The Labute approximate surface area is 195 Å². The van der Waals surface area contributed by atoms with Gasteiger partial charge < -0.3 is 9.47 Å². The Morgan fingerprint density at radius 3 is 2.53 bits per heavy atom. The van der Waals surface area contributed by atoms with Crippen molar-refractivity contribution in [3.63, 3.8) is 0 Å². The maximum atomic E-state index is 13.2. The molecule has 1 heterocycles. The third-order valence-corrected chi connectivity index (χ3v) is 6.31. The average Bonchev–Trinajstić information content (AvgIpc) is 3.07. The summed E-state index contributed by atoms with van der Waals surface area (Å²) < 4.78 is 25.1. The average molecular weight is 466 g/mol. The molecule has 162 valence electrons. The van der Waals surface area contributed by atoms with Crippen LogP contribution in [0.4, 0.5) is 10.1 Å². The van der Waals surface area contributed by atoms with E-state index in [0.29, 0.717) is 33.0 Å². The second-order valence-electron chi connectivity index (χ2n) is 7.12. The molecule has 1 aliphatic heterocycles. The molecule has 32 heavy (non-hydrogen) atoms. The van der Waals surface area contributed by atoms with Crippen molar-refractivity contribution >= 4 is 46.0 Å². The Balaban J connectivity index is 1.53. The lowest BCUT2D eigenvalue weighted by molar-refractivity contribution is -0.113. The van der Waals surface area contributed by atoms with Crippen LogP contribution in [0.3, 0.4) is 0 Å². The first-order chi connectivity index (χ1) is 15.5. The normalized spacial score (nSPS) is 14.8. The smallest absolute Gasteiger partial charge is 0.270 e. The monoisotopic (exact) mass is 465 g/mol. The lowest BCUT2D eigenvalue weighted by Crippen LogP contribution is -2.27. The van der Waals surface area contributed by atoms with E-state index in [1.54, 1.807) is 13.2 Å². The van der Waals surface area contributed by atoms with E-state index in [4.69, 9.17) is 21.7 Å². The third kappa shape index (κ3) is 4.69. The summed E-state index contributed by atoms with van der Waals surface area (Å²) in [5.74, 6) is 0.574. The van der Waals surface area contributed by atoms with E-state index in [2.05, 4.69) is 0 Å². The van der Waals surface area contributed by atoms with Gasteiger partial charge in [-0.25, -0.2) is 4.39 Å². The molecule has 0 radical (unpaired) electrons. The molecule has 1 amide bonds. The molecule has 3 aromatic rings. The fourth-order valence-corrected chi connectivity index (χ4v) is 4.55. The molecule has 1 saturated heterocycles. The van der Waals surface area contributed by atoms with Crippen LogP contribution in [0.2, 0.25) is 0 Å². The van der Waals surface area contributed by atoms with Gasteiger partial charge in [0.2, 0.25) is 0 Å². The van der Waals surface area contributed by atoms with Crippen molar-refractivity contribution in [2.75, 3.05) is 12.0 Å². The van der Waals surface area contributed by atoms with Crippen LogP contribution < -0.4 is 14.4 Å². The summed E-state index contributed by atoms with van der Waals surface area (Å²) in [6.45, 7) is 2.47. The molecule has 7 heteroatoms. The summed E-state index contributed by atoms with van der Waals surface area (Å²) in [6.07, 6.45) is 1.76. The fraction of sp³-hybridized carbons (Fsp3) is 0.120. The van der Waals surface area contributed by atoms with Crippen molar-refractivity contribution in [3.8, 4) is 11.5 Å². The highest BCUT2D eigenvalue weighted by atomic mass is 32.2. The van der Waals surface area contributed by atoms with Crippen molar-refractivity contribution in [2.45, 2.75) is 13.5 Å². The molecule has 1 fully saturated rings. The summed E-state index contributed by atoms with van der Waals surface area (Å²) in [5, 5.41) is 0. The number of methoxy groups -OCH3 is 1. The van der Waals surface area contributed by atoms with Crippen LogP contribution in [0.1, 0.15) is 16.7 Å². The molecule has 0 N–H and O–H groups in total. The van der Waals surface area contributed by atoms with E-state index in [9.17, 15) is 9.18 Å². The molecule has 0 atom stereocenters. The summed E-state index contributed by atoms with van der Waals surface area (Å²) in [6, 6.07) is 19.2. The number of thiocarbonyl (C=S) groups is 1. The molecule has 1 aliphatic rings. The van der Waals surface area contributed by atoms with Gasteiger partial charge in [-0.3, -0.25) is 9.69 Å². The molecule has 0 unspecified atom stereocenters. The van der Waals surface area contributed by atoms with Crippen molar-refractivity contribution in [3.05, 3.63) is 94.1 Å². The second-order valence-corrected chi connectivity index (χ2v) is 8.79. The van der Waals surface area contributed by atoms with Crippen molar-refractivity contribution in [2.24, 2.45) is 0 Å². The van der Waals surface area contributed by atoms with E-state index in [-0.39, 0.29) is 11.7 Å². The van der Waals surface area contributed by atoms with Crippen LogP contribution >= 0.6 is 24.0 Å². The lowest BCUT2D eigenvalue weighted by Gasteiger charge is -2.14. The van der Waals surface area contributed by atoms with Gasteiger partial charge in [-0.15, -0.1) is 0 Å². The summed E-state index contributed by atoms with van der Waals surface area (Å²) in [7, 11) is 1.58. The maximum absolute atomic E-state index is 13.2. The van der Waals surface area contributed by atoms with E-state index < -0.39 is 0 Å². The van der Waals surface area contributed by atoms with Crippen LogP contribution in [-0.4, -0.2) is 17.3 Å². The first kappa shape index (κ1) is 22.0. The Bertz CT molecular complexity index is 1210. The molecule has 0 saturated carbocycles. The van der Waals surface area contributed by atoms with Gasteiger partial charge in [-0.05, 0) is 66.1 Å². The molecule has 0 spiro atoms. The van der Waals surface area contributed by atoms with Crippen LogP contribution in [0.15, 0.2) is 71.6 Å². The van der Waals surface area contributed by atoms with Gasteiger partial charge in [0.05, 0.1) is 17.7 Å². The van der Waals surface area contributed by atoms with Gasteiger partial charge in [-0.1, -0.05) is 54.3 Å². The van der Waals surface area contributed by atoms with Crippen LogP contribution in [0.5, 0.6) is 11.5 Å². The van der Waals surface area contributed by atoms with E-state index in [0.717, 1.165) is 16.7 Å². The van der Waals surface area contributed by atoms with Gasteiger partial charge in [0.1, 0.15) is 12.4 Å². The third-order valence-electron chi connectivity index (χ3n) is 5.01. The van der Waals surface area contributed by atoms with Gasteiger partial charge in [-0.2, -0.15) is 0 Å². The zero-order chi connectivity index (χ0) is 22.7. The number of benzene rings is 3. The number of carbonyl (C=O) groups excluding carboxylic acids is 1. The summed E-state index contributed by atoms with van der Waals surface area (Å²) in [4.78, 5) is 14.8. The number of hydrogen-bond donors (Lipinski definition) is 0. The zero-order valence-corrected chi connectivity index (χ0v) is 19.1. The molecule has 0 aromatic heterocycles. The number of ether oxygens (including phenoxy) is 2. The van der Waals surface area contributed by atoms with Gasteiger partial charge >= 0.3 is 0 Å². The minimum Gasteiger partial charge on any atom is -0.493 e. The number of aryl methyl sites for hydroxylation is 1. The highest BCUT2D eigenvalue weighted by molar-refractivity contribution is 8.27. The maximum Gasteiger partial charge on any atom is 0.270 e. The molecule has 3 aromatic carbocycles. The minimum absolute atomic E-state index is 0.245. The molecule has 0 aliphatic carbocycles. The number of nitrogens with zero attached hydrogens (tertiary/aromatic N) is 1. The van der Waals surface area contributed by atoms with Gasteiger partial charge in [0.25, 0.3) is 5.91 Å². The number of carbonyl (C=O) groups is 1. The van der Waals surface area contributed by atoms with E-state index in [1.165, 1.54) is 40.9 Å². The van der Waals surface area contributed by atoms with Crippen molar-refractivity contribution in [1.29, 1.82) is 0 Å². The summed E-state index contributed by atoms with van der Waals surface area (Å²) in [5.41, 5.74) is 3.58. The number of rotatable bonds is 6. The minimum atomic E-state index is -0.369. The fourth-order valence-electron chi connectivity index (χ4n) is 3.25. The first-order valence-electron chi connectivity index (χ1n) is 9.85. The SMILES string of the molecule is COc1cc(/C=C2\SC(=S)N(c3ccc(F)cc3)C2=O)ccc1OCc1ccccc1C. The Morgan fingerprint density at radius 2 is 1.81 bits per heavy atom. The van der Waals surface area contributed by atoms with E-state index in [1.807, 2.05) is 49.4 Å². The molecule has 4 rings (SSSR count). The Kier molecular flexibility index (Phi) is 6.58. The number of anilines is 1. The Hall–Kier alpha value is -3.16. The predicted octanol–water partition coefficient (Wildman–Crippen LogP) is 6.13. The number of halogens is 1. The highest BCUT2D eigenvalue weighted by Gasteiger charge is 2.33. The quantitative estimate of drug-likeness (QED) is 0.324. The molecular formula is C25H20FNO3S2. The van der Waals surface area contributed by atoms with Crippen molar-refractivity contribution in [1.82, 2.24) is 0 Å². The molecule has 4 nitrogen and oxygen atoms in total. The van der Waals surface area contributed by atoms with Gasteiger partial charge in [0.15, 0.2) is 15.8 Å². The highest BCUT2D eigenvalue weighted by Crippen LogP contribution is 2.37. The standard InChI is InChI=1S/C25H20FNO3S2/c1-16-5-3-4-6-18(16)15-30-21-12-7-17(13-22(21)29-2)14-23-24(28)27(25(31)32-23)20-10-8-19(26)9-11-20/h3-14H,15H2,1-2H3/b23-14-. The molecule has 0 bridgehead atoms. The number of amides is 1. The van der Waals surface area contributed by atoms with Gasteiger partial charge in [0, 0.05) is 0 Å². The zero-order valence-electron chi connectivity index (χ0n) is 17.5. The number of thioether (sulfide) groups is 1. The summed E-state index contributed by atoms with van der Waals surface area (Å²) >= 11 is 6.58. The largest absolute Gasteiger partial charge is 0.493 e. The van der Waals surface area contributed by atoms with Crippen LogP contribution in [0.25, 0.3) is 6.08 Å². The van der Waals surface area contributed by atoms with Crippen LogP contribution in [-0.2, 0) is 11.4 Å². The first-order valence-corrected chi connectivity index (χ1v) is 11.1. The number of hydrogen-bond acceptors (Lipinski definition) is 5. The topological polar surface area (TPSA) is 38.8 Å². The van der Waals surface area contributed by atoms with Crippen molar-refractivity contribution < 1.29 is 18.7 Å². The molecular weight excluding hydrogens is 445 g/mol. The van der Waals surface area contributed by atoms with Crippen LogP contribution in [0, 0.1) is 12.7 Å². The second kappa shape index (κ2) is 9.54. The Morgan fingerprint density at radius 1 is 1.06 bits per heavy atom. The van der Waals surface area contributed by atoms with E-state index >= 15 is 0 Å². The lowest BCUT2D eigenvalue weighted by atomic mass is 10.1.